The second kappa shape index (κ2) is 3.45. The Bertz CT molecular complexity index is 411. The predicted molar refractivity (Wildman–Crippen MR) is 47.8 cm³/mol. The Morgan fingerprint density at radius 1 is 1.46 bits per heavy atom. The van der Waals surface area contributed by atoms with E-state index >= 15 is 0 Å². The lowest BCUT2D eigenvalue weighted by Crippen LogP contribution is -2.05. The number of hydrogen-bond donors (Lipinski definition) is 1. The molecule has 0 amide bonds. The zero-order valence-electron chi connectivity index (χ0n) is 7.11. The van der Waals surface area contributed by atoms with Crippen LogP contribution in [0.2, 0.25) is 0 Å². The van der Waals surface area contributed by atoms with Gasteiger partial charge in [-0.3, -0.25) is 10.3 Å². The van der Waals surface area contributed by atoms with Gasteiger partial charge in [0.2, 0.25) is 0 Å². The molecule has 0 fully saturated rings. The highest BCUT2D eigenvalue weighted by Gasteiger charge is 2.16. The van der Waals surface area contributed by atoms with E-state index in [1.165, 1.54) is 6.07 Å². The SMILES string of the molecule is Cc1cccc(C[NH])c1S(=O)(=O)O. The highest BCUT2D eigenvalue weighted by atomic mass is 32.2. The maximum atomic E-state index is 10.9. The second-order valence-electron chi connectivity index (χ2n) is 2.72. The Kier molecular flexibility index (Phi) is 2.70. The van der Waals surface area contributed by atoms with Crippen LogP contribution in [0.15, 0.2) is 23.1 Å². The molecule has 1 radical (unpaired) electrons. The lowest BCUT2D eigenvalue weighted by atomic mass is 10.1. The van der Waals surface area contributed by atoms with Crippen LogP contribution in [0.3, 0.4) is 0 Å². The number of benzene rings is 1. The summed E-state index contributed by atoms with van der Waals surface area (Å²) in [6, 6.07) is 4.76. The third kappa shape index (κ3) is 2.06. The lowest BCUT2D eigenvalue weighted by molar-refractivity contribution is 0.481. The van der Waals surface area contributed by atoms with Crippen molar-refractivity contribution in [1.29, 1.82) is 0 Å². The molecule has 0 heterocycles. The molecule has 1 aromatic rings. The minimum atomic E-state index is -4.20. The summed E-state index contributed by atoms with van der Waals surface area (Å²) in [5.74, 6) is 0. The van der Waals surface area contributed by atoms with Crippen molar-refractivity contribution in [3.8, 4) is 0 Å². The molecular formula is C8H10NO3S. The first-order valence-electron chi connectivity index (χ1n) is 3.67. The topological polar surface area (TPSA) is 78.2 Å². The molecule has 0 aromatic heterocycles. The van der Waals surface area contributed by atoms with Crippen molar-refractivity contribution in [1.82, 2.24) is 5.73 Å². The molecule has 0 bridgehead atoms. The quantitative estimate of drug-likeness (QED) is 0.724. The van der Waals surface area contributed by atoms with Gasteiger partial charge in [0, 0.05) is 6.54 Å². The van der Waals surface area contributed by atoms with E-state index in [0.29, 0.717) is 11.1 Å². The second-order valence-corrected chi connectivity index (χ2v) is 4.07. The maximum Gasteiger partial charge on any atom is 0.295 e. The molecule has 71 valence electrons. The molecule has 13 heavy (non-hydrogen) atoms. The Morgan fingerprint density at radius 3 is 2.46 bits per heavy atom. The standard InChI is InChI=1S/C8H10NO3S/c1-6-3-2-4-7(5-9)8(6)13(10,11)12/h2-4,9H,5H2,1H3,(H,10,11,12). The van der Waals surface area contributed by atoms with Crippen molar-refractivity contribution < 1.29 is 13.0 Å². The zero-order chi connectivity index (χ0) is 10.1. The normalized spacial score (nSPS) is 11.6. The summed E-state index contributed by atoms with van der Waals surface area (Å²) in [5.41, 5.74) is 7.87. The molecule has 0 aliphatic carbocycles. The summed E-state index contributed by atoms with van der Waals surface area (Å²) in [7, 11) is -4.20. The Morgan fingerprint density at radius 2 is 2.08 bits per heavy atom. The van der Waals surface area contributed by atoms with Crippen molar-refractivity contribution in [3.63, 3.8) is 0 Å². The van der Waals surface area contributed by atoms with Crippen molar-refractivity contribution in [2.75, 3.05) is 0 Å². The van der Waals surface area contributed by atoms with Gasteiger partial charge < -0.3 is 0 Å². The van der Waals surface area contributed by atoms with E-state index in [9.17, 15) is 8.42 Å². The number of nitrogens with one attached hydrogen (secondary N) is 1. The molecule has 1 rings (SSSR count). The van der Waals surface area contributed by atoms with Gasteiger partial charge in [0.1, 0.15) is 4.90 Å². The summed E-state index contributed by atoms with van der Waals surface area (Å²) in [5, 5.41) is 0. The fraction of sp³-hybridized carbons (Fsp3) is 0.250. The van der Waals surface area contributed by atoms with Crippen LogP contribution in [0.4, 0.5) is 0 Å². The highest BCUT2D eigenvalue weighted by molar-refractivity contribution is 7.86. The Balaban J connectivity index is 3.50. The third-order valence-electron chi connectivity index (χ3n) is 1.74. The minimum Gasteiger partial charge on any atom is -0.282 e. The van der Waals surface area contributed by atoms with Gasteiger partial charge in [0.25, 0.3) is 10.1 Å². The Labute approximate surface area is 77.1 Å². The van der Waals surface area contributed by atoms with Gasteiger partial charge in [-0.1, -0.05) is 18.2 Å². The Hall–Kier alpha value is -0.910. The van der Waals surface area contributed by atoms with Gasteiger partial charge in [0.15, 0.2) is 0 Å². The van der Waals surface area contributed by atoms with E-state index < -0.39 is 10.1 Å². The molecule has 0 unspecified atom stereocenters. The van der Waals surface area contributed by atoms with Crippen LogP contribution >= 0.6 is 0 Å². The molecule has 0 aliphatic rings. The van der Waals surface area contributed by atoms with Crippen LogP contribution in [0.25, 0.3) is 0 Å². The first kappa shape index (κ1) is 10.2. The van der Waals surface area contributed by atoms with Gasteiger partial charge in [-0.05, 0) is 18.1 Å². The van der Waals surface area contributed by atoms with Crippen LogP contribution in [0.1, 0.15) is 11.1 Å². The van der Waals surface area contributed by atoms with E-state index in [4.69, 9.17) is 10.3 Å². The lowest BCUT2D eigenvalue weighted by Gasteiger charge is -2.06. The van der Waals surface area contributed by atoms with E-state index in [-0.39, 0.29) is 11.4 Å². The first-order chi connectivity index (χ1) is 5.96. The fourth-order valence-corrected chi connectivity index (χ4v) is 2.17. The monoisotopic (exact) mass is 200 g/mol. The average molecular weight is 200 g/mol. The number of hydrogen-bond acceptors (Lipinski definition) is 2. The summed E-state index contributed by atoms with van der Waals surface area (Å²) >= 11 is 0. The van der Waals surface area contributed by atoms with Crippen LogP contribution in [0, 0.1) is 6.92 Å². The largest absolute Gasteiger partial charge is 0.295 e. The summed E-state index contributed by atoms with van der Waals surface area (Å²) in [6.45, 7) is 1.43. The average Bonchev–Trinajstić information content (AvgIpc) is 2.01. The molecular weight excluding hydrogens is 190 g/mol. The molecule has 0 saturated heterocycles. The van der Waals surface area contributed by atoms with Gasteiger partial charge in [-0.2, -0.15) is 8.42 Å². The summed E-state index contributed by atoms with van der Waals surface area (Å²) < 4.78 is 30.7. The van der Waals surface area contributed by atoms with Crippen molar-refractivity contribution in [2.24, 2.45) is 0 Å². The van der Waals surface area contributed by atoms with Gasteiger partial charge in [0.05, 0.1) is 0 Å². The molecule has 4 nitrogen and oxygen atoms in total. The van der Waals surface area contributed by atoms with Crippen LogP contribution in [-0.2, 0) is 16.7 Å². The number of aryl methyl sites for hydroxylation is 1. The first-order valence-corrected chi connectivity index (χ1v) is 5.11. The predicted octanol–water partition coefficient (Wildman–Crippen LogP) is 1.02. The van der Waals surface area contributed by atoms with E-state index in [0.717, 1.165) is 0 Å². The summed E-state index contributed by atoms with van der Waals surface area (Å²) in [6.07, 6.45) is 0. The van der Waals surface area contributed by atoms with E-state index in [1.54, 1.807) is 19.1 Å². The summed E-state index contributed by atoms with van der Waals surface area (Å²) in [4.78, 5) is -0.134. The van der Waals surface area contributed by atoms with Gasteiger partial charge in [-0.25, -0.2) is 0 Å². The molecule has 0 spiro atoms. The van der Waals surface area contributed by atoms with Crippen LogP contribution in [0.5, 0.6) is 0 Å². The number of rotatable bonds is 2. The molecule has 1 aromatic carbocycles. The fourth-order valence-electron chi connectivity index (χ4n) is 1.22. The van der Waals surface area contributed by atoms with Crippen LogP contribution in [-0.4, -0.2) is 13.0 Å². The van der Waals surface area contributed by atoms with Gasteiger partial charge in [-0.15, -0.1) is 0 Å². The molecule has 0 aliphatic heterocycles. The molecule has 0 saturated carbocycles. The smallest absolute Gasteiger partial charge is 0.282 e. The maximum absolute atomic E-state index is 10.9. The third-order valence-corrected chi connectivity index (χ3v) is 2.84. The minimum absolute atomic E-state index is 0.134. The van der Waals surface area contributed by atoms with E-state index in [1.807, 2.05) is 0 Å². The van der Waals surface area contributed by atoms with Crippen molar-refractivity contribution in [3.05, 3.63) is 29.3 Å². The van der Waals surface area contributed by atoms with Crippen molar-refractivity contribution in [2.45, 2.75) is 18.4 Å². The molecule has 2 N–H and O–H groups in total. The highest BCUT2D eigenvalue weighted by Crippen LogP contribution is 2.19. The van der Waals surface area contributed by atoms with E-state index in [2.05, 4.69) is 0 Å². The zero-order valence-corrected chi connectivity index (χ0v) is 7.93. The molecule has 0 atom stereocenters. The molecule has 5 heteroatoms. The van der Waals surface area contributed by atoms with Crippen LogP contribution < -0.4 is 5.73 Å². The van der Waals surface area contributed by atoms with Crippen molar-refractivity contribution >= 4 is 10.1 Å². The van der Waals surface area contributed by atoms with Gasteiger partial charge >= 0.3 is 0 Å².